The number of methoxy groups -OCH3 is 1. The van der Waals surface area contributed by atoms with Gasteiger partial charge in [-0.3, -0.25) is 4.79 Å². The molecular formula is C15H15IN2O6. The average molecular weight is 446 g/mol. The number of carbonyl (C=O) groups excluding carboxylic acids is 2. The van der Waals surface area contributed by atoms with Crippen LogP contribution in [0.25, 0.3) is 0 Å². The van der Waals surface area contributed by atoms with E-state index in [-0.39, 0.29) is 42.2 Å². The van der Waals surface area contributed by atoms with Gasteiger partial charge in [-0.2, -0.15) is 0 Å². The van der Waals surface area contributed by atoms with Crippen molar-refractivity contribution in [2.75, 3.05) is 32.1 Å². The molecule has 1 aliphatic rings. The minimum Gasteiger partial charge on any atom is -0.478 e. The lowest BCUT2D eigenvalue weighted by Gasteiger charge is -2.15. The molecule has 1 aromatic rings. The van der Waals surface area contributed by atoms with Gasteiger partial charge in [0.25, 0.3) is 5.91 Å². The highest BCUT2D eigenvalue weighted by atomic mass is 127. The average Bonchev–Trinajstić information content (AvgIpc) is 2.85. The Morgan fingerprint density at radius 3 is 2.71 bits per heavy atom. The molecule has 128 valence electrons. The first kappa shape index (κ1) is 18.2. The Balaban J connectivity index is 2.43. The van der Waals surface area contributed by atoms with Crippen LogP contribution < -0.4 is 5.32 Å². The van der Waals surface area contributed by atoms with Crippen molar-refractivity contribution >= 4 is 46.1 Å². The summed E-state index contributed by atoms with van der Waals surface area (Å²) in [6.07, 6.45) is 0. The molecule has 0 radical (unpaired) electrons. The van der Waals surface area contributed by atoms with Crippen LogP contribution in [0.2, 0.25) is 0 Å². The van der Waals surface area contributed by atoms with Gasteiger partial charge in [0.15, 0.2) is 0 Å². The van der Waals surface area contributed by atoms with Crippen LogP contribution in [-0.4, -0.2) is 59.8 Å². The van der Waals surface area contributed by atoms with Gasteiger partial charge in [0.05, 0.1) is 37.1 Å². The number of nitrogens with zero attached hydrogens (tertiary/aromatic N) is 1. The van der Waals surface area contributed by atoms with Crippen LogP contribution in [0, 0.1) is 3.57 Å². The second-order valence-corrected chi connectivity index (χ2v) is 6.16. The lowest BCUT2D eigenvalue weighted by molar-refractivity contribution is -0.136. The van der Waals surface area contributed by atoms with E-state index >= 15 is 0 Å². The van der Waals surface area contributed by atoms with E-state index in [0.717, 1.165) is 3.57 Å². The van der Waals surface area contributed by atoms with Gasteiger partial charge < -0.3 is 25.2 Å². The summed E-state index contributed by atoms with van der Waals surface area (Å²) in [5.74, 6) is -2.35. The second-order valence-electron chi connectivity index (χ2n) is 4.92. The molecule has 0 spiro atoms. The number of aliphatic hydroxyl groups excluding tert-OH is 1. The molecule has 24 heavy (non-hydrogen) atoms. The third-order valence-corrected chi connectivity index (χ3v) is 4.10. The van der Waals surface area contributed by atoms with Crippen molar-refractivity contribution in [3.8, 4) is 0 Å². The van der Waals surface area contributed by atoms with Crippen LogP contribution in [0.4, 0.5) is 5.69 Å². The maximum atomic E-state index is 12.4. The number of β-amino-alcohol motifs (C(OH)–C–C–N with tert-alkyl or cyclic N) is 1. The molecule has 0 fully saturated rings. The molecule has 1 amide bonds. The lowest BCUT2D eigenvalue weighted by atomic mass is 10.1. The van der Waals surface area contributed by atoms with E-state index < -0.39 is 17.8 Å². The number of ether oxygens (including phenoxy) is 1. The Kier molecular flexibility index (Phi) is 5.78. The summed E-state index contributed by atoms with van der Waals surface area (Å²) < 4.78 is 5.40. The van der Waals surface area contributed by atoms with Gasteiger partial charge in [0.1, 0.15) is 5.70 Å². The van der Waals surface area contributed by atoms with Gasteiger partial charge in [-0.1, -0.05) is 0 Å². The Bertz CT molecular complexity index is 731. The molecule has 0 atom stereocenters. The van der Waals surface area contributed by atoms with Crippen molar-refractivity contribution in [3.63, 3.8) is 0 Å². The molecule has 1 aliphatic heterocycles. The van der Waals surface area contributed by atoms with Crippen molar-refractivity contribution in [1.82, 2.24) is 4.90 Å². The molecule has 1 aromatic carbocycles. The minimum atomic E-state index is -1.16. The van der Waals surface area contributed by atoms with Crippen molar-refractivity contribution in [1.29, 1.82) is 0 Å². The first-order valence-corrected chi connectivity index (χ1v) is 7.98. The topological polar surface area (TPSA) is 116 Å². The van der Waals surface area contributed by atoms with Crippen LogP contribution in [0.5, 0.6) is 0 Å². The Labute approximate surface area is 151 Å². The van der Waals surface area contributed by atoms with Crippen LogP contribution in [-0.2, 0) is 14.3 Å². The number of halogens is 1. The van der Waals surface area contributed by atoms with Crippen molar-refractivity contribution in [3.05, 3.63) is 38.6 Å². The number of hydrogen-bond acceptors (Lipinski definition) is 6. The summed E-state index contributed by atoms with van der Waals surface area (Å²) in [6, 6.07) is 4.66. The molecule has 0 saturated heterocycles. The maximum Gasteiger partial charge on any atom is 0.337 e. The zero-order valence-electron chi connectivity index (χ0n) is 12.7. The summed E-state index contributed by atoms with van der Waals surface area (Å²) in [4.78, 5) is 37.0. The third-order valence-electron chi connectivity index (χ3n) is 3.43. The number of rotatable bonds is 6. The van der Waals surface area contributed by atoms with E-state index in [1.54, 1.807) is 6.07 Å². The van der Waals surface area contributed by atoms with Crippen molar-refractivity contribution in [2.24, 2.45) is 0 Å². The van der Waals surface area contributed by atoms with Gasteiger partial charge >= 0.3 is 11.9 Å². The van der Waals surface area contributed by atoms with Crippen LogP contribution >= 0.6 is 22.6 Å². The number of nitrogens with one attached hydrogen (secondary N) is 1. The van der Waals surface area contributed by atoms with Gasteiger partial charge in [0, 0.05) is 10.1 Å². The number of hydrogen-bond donors (Lipinski definition) is 3. The van der Waals surface area contributed by atoms with E-state index in [1.807, 2.05) is 22.6 Å². The maximum absolute atomic E-state index is 12.4. The highest BCUT2D eigenvalue weighted by Gasteiger charge is 2.34. The first-order valence-electron chi connectivity index (χ1n) is 6.90. The van der Waals surface area contributed by atoms with E-state index in [1.165, 1.54) is 24.1 Å². The smallest absolute Gasteiger partial charge is 0.337 e. The summed E-state index contributed by atoms with van der Waals surface area (Å²) in [6.45, 7) is -0.207. The number of anilines is 1. The number of esters is 1. The summed E-state index contributed by atoms with van der Waals surface area (Å²) in [5, 5.41) is 21.1. The third kappa shape index (κ3) is 3.67. The van der Waals surface area contributed by atoms with Crippen molar-refractivity contribution < 1.29 is 29.3 Å². The molecule has 0 aliphatic carbocycles. The predicted molar refractivity (Wildman–Crippen MR) is 92.4 cm³/mol. The normalized spacial score (nSPS) is 14.1. The van der Waals surface area contributed by atoms with Gasteiger partial charge in [-0.25, -0.2) is 9.59 Å². The van der Waals surface area contributed by atoms with Crippen molar-refractivity contribution in [2.45, 2.75) is 0 Å². The van der Waals surface area contributed by atoms with Gasteiger partial charge in [-0.15, -0.1) is 0 Å². The number of benzene rings is 1. The minimum absolute atomic E-state index is 0.0127. The number of carboxylic acids is 1. The van der Waals surface area contributed by atoms with Gasteiger partial charge in [-0.05, 0) is 40.8 Å². The fraction of sp³-hybridized carbons (Fsp3) is 0.267. The largest absolute Gasteiger partial charge is 0.478 e. The molecular weight excluding hydrogens is 431 g/mol. The van der Waals surface area contributed by atoms with E-state index in [9.17, 15) is 19.5 Å². The molecule has 3 N–H and O–H groups in total. The van der Waals surface area contributed by atoms with E-state index in [2.05, 4.69) is 10.1 Å². The van der Waals surface area contributed by atoms with Crippen LogP contribution in [0.1, 0.15) is 10.4 Å². The number of carboxylic acid groups (broad SMARTS) is 1. The summed E-state index contributed by atoms with van der Waals surface area (Å²) in [7, 11) is 1.19. The predicted octanol–water partition coefficient (Wildman–Crippen LogP) is 0.663. The molecule has 1 heterocycles. The van der Waals surface area contributed by atoms with E-state index in [4.69, 9.17) is 5.11 Å². The molecule has 0 bridgehead atoms. The van der Waals surface area contributed by atoms with Gasteiger partial charge in [0.2, 0.25) is 0 Å². The summed E-state index contributed by atoms with van der Waals surface area (Å²) >= 11 is 1.98. The molecule has 2 rings (SSSR count). The lowest BCUT2D eigenvalue weighted by Crippen LogP contribution is -2.31. The van der Waals surface area contributed by atoms with E-state index in [0.29, 0.717) is 0 Å². The molecule has 9 heteroatoms. The monoisotopic (exact) mass is 446 g/mol. The Morgan fingerprint density at radius 2 is 2.12 bits per heavy atom. The number of carbonyl (C=O) groups is 3. The SMILES string of the molecule is COC(=O)C1=C(Nc2ccc(I)cc2C(=O)O)C(=O)N(CCO)C1. The molecule has 0 aromatic heterocycles. The zero-order chi connectivity index (χ0) is 17.9. The quantitative estimate of drug-likeness (QED) is 0.435. The first-order chi connectivity index (χ1) is 11.4. The Morgan fingerprint density at radius 1 is 1.42 bits per heavy atom. The number of amides is 1. The molecule has 8 nitrogen and oxygen atoms in total. The fourth-order valence-corrected chi connectivity index (χ4v) is 2.78. The standard InChI is InChI=1S/C15H15IN2O6/c1-24-15(23)10-7-18(4-5-19)13(20)12(10)17-11-3-2-8(16)6-9(11)14(21)22/h2-3,6,17,19H,4-5,7H2,1H3,(H,21,22). The fourth-order valence-electron chi connectivity index (χ4n) is 2.29. The highest BCUT2D eigenvalue weighted by molar-refractivity contribution is 14.1. The second kappa shape index (κ2) is 7.62. The van der Waals surface area contributed by atoms with Crippen LogP contribution in [0.15, 0.2) is 29.5 Å². The zero-order valence-corrected chi connectivity index (χ0v) is 14.9. The highest BCUT2D eigenvalue weighted by Crippen LogP contribution is 2.26. The number of aliphatic hydroxyl groups is 1. The summed E-state index contributed by atoms with van der Waals surface area (Å²) in [5.41, 5.74) is 0.218. The molecule has 0 saturated carbocycles. The van der Waals surface area contributed by atoms with Crippen LogP contribution in [0.3, 0.4) is 0 Å². The molecule has 0 unspecified atom stereocenters. The Hall–Kier alpha value is -2.14. The number of aromatic carboxylic acids is 1.